The van der Waals surface area contributed by atoms with E-state index in [2.05, 4.69) is 32.2 Å². The van der Waals surface area contributed by atoms with Gasteiger partial charge in [0.05, 0.1) is 17.1 Å². The Balaban J connectivity index is 1.88. The number of hydrogen-bond acceptors (Lipinski definition) is 7. The largest absolute Gasteiger partial charge is 0.396 e. The monoisotopic (exact) mass is 385 g/mol. The van der Waals surface area contributed by atoms with Gasteiger partial charge in [0, 0.05) is 20.2 Å². The Bertz CT molecular complexity index is 948. The maximum absolute atomic E-state index is 13.6. The molecule has 3 rings (SSSR count). The Morgan fingerprint density at radius 2 is 2.00 bits per heavy atom. The summed E-state index contributed by atoms with van der Waals surface area (Å²) in [5.41, 5.74) is 6.93. The molecule has 0 saturated carbocycles. The van der Waals surface area contributed by atoms with Crippen LogP contribution in [0.5, 0.6) is 0 Å². The summed E-state index contributed by atoms with van der Waals surface area (Å²) in [6.45, 7) is 5.27. The van der Waals surface area contributed by atoms with E-state index in [1.165, 1.54) is 12.1 Å². The van der Waals surface area contributed by atoms with Gasteiger partial charge < -0.3 is 21.3 Å². The van der Waals surface area contributed by atoms with E-state index in [4.69, 9.17) is 5.73 Å². The van der Waals surface area contributed by atoms with Gasteiger partial charge in [0.2, 0.25) is 0 Å². The molecule has 3 heterocycles. The molecule has 28 heavy (non-hydrogen) atoms. The molecule has 0 aromatic carbocycles. The molecule has 0 aliphatic carbocycles. The van der Waals surface area contributed by atoms with Gasteiger partial charge in [-0.05, 0) is 30.3 Å². The minimum atomic E-state index is -3.04. The van der Waals surface area contributed by atoms with Crippen molar-refractivity contribution in [2.45, 2.75) is 12.8 Å². The fourth-order valence-electron chi connectivity index (χ4n) is 2.51. The third kappa shape index (κ3) is 4.25. The van der Waals surface area contributed by atoms with Crippen LogP contribution in [0.2, 0.25) is 0 Å². The van der Waals surface area contributed by atoms with Crippen molar-refractivity contribution in [3.8, 4) is 11.4 Å². The lowest BCUT2D eigenvalue weighted by atomic mass is 10.2. The average Bonchev–Trinajstić information content (AvgIpc) is 2.68. The number of hydrogen-bond donors (Lipinski definition) is 3. The molecule has 0 unspecified atom stereocenters. The van der Waals surface area contributed by atoms with E-state index in [-0.39, 0.29) is 5.69 Å². The van der Waals surface area contributed by atoms with E-state index in [9.17, 15) is 8.78 Å². The third-order valence-electron chi connectivity index (χ3n) is 4.08. The van der Waals surface area contributed by atoms with Crippen molar-refractivity contribution in [3.63, 3.8) is 0 Å². The first-order valence-electron chi connectivity index (χ1n) is 8.51. The van der Waals surface area contributed by atoms with Crippen molar-refractivity contribution < 1.29 is 8.78 Å². The molecule has 7 nitrogen and oxygen atoms in total. The molecular weight excluding hydrogens is 364 g/mol. The van der Waals surface area contributed by atoms with E-state index in [0.29, 0.717) is 35.4 Å². The second-order valence-corrected chi connectivity index (χ2v) is 6.28. The van der Waals surface area contributed by atoms with Gasteiger partial charge in [0.25, 0.3) is 5.92 Å². The van der Waals surface area contributed by atoms with Crippen LogP contribution in [0.15, 0.2) is 59.6 Å². The Morgan fingerprint density at radius 3 is 2.68 bits per heavy atom. The van der Waals surface area contributed by atoms with Crippen LogP contribution >= 0.6 is 0 Å². The lowest BCUT2D eigenvalue weighted by molar-refractivity contribution is 0.0129. The van der Waals surface area contributed by atoms with Crippen LogP contribution in [-0.4, -0.2) is 29.9 Å². The predicted octanol–water partition coefficient (Wildman–Crippen LogP) is 2.81. The fraction of sp³-hybridized carbons (Fsp3) is 0.211. The first-order chi connectivity index (χ1) is 13.3. The zero-order valence-electron chi connectivity index (χ0n) is 15.6. The normalized spacial score (nSPS) is 13.5. The van der Waals surface area contributed by atoms with Crippen LogP contribution in [-0.2, 0) is 5.92 Å². The summed E-state index contributed by atoms with van der Waals surface area (Å²) in [4.78, 5) is 14.3. The van der Waals surface area contributed by atoms with Crippen molar-refractivity contribution in [1.82, 2.24) is 20.6 Å². The molecule has 0 bridgehead atoms. The summed E-state index contributed by atoms with van der Waals surface area (Å²) in [5.74, 6) is -1.35. The Kier molecular flexibility index (Phi) is 5.25. The zero-order chi connectivity index (χ0) is 20.3. The number of anilines is 2. The van der Waals surface area contributed by atoms with Crippen molar-refractivity contribution in [1.29, 1.82) is 0 Å². The van der Waals surface area contributed by atoms with Gasteiger partial charge >= 0.3 is 0 Å². The number of rotatable bonds is 6. The first-order valence-corrected chi connectivity index (χ1v) is 8.51. The van der Waals surface area contributed by atoms with Crippen LogP contribution in [0, 0.1) is 0 Å². The molecular formula is C19H21F2N7. The molecule has 1 aliphatic rings. The molecule has 0 fully saturated rings. The van der Waals surface area contributed by atoms with E-state index in [1.54, 1.807) is 42.4 Å². The maximum atomic E-state index is 13.6. The first kappa shape index (κ1) is 19.3. The van der Waals surface area contributed by atoms with Gasteiger partial charge in [0.1, 0.15) is 24.0 Å². The van der Waals surface area contributed by atoms with E-state index >= 15 is 0 Å². The van der Waals surface area contributed by atoms with Crippen molar-refractivity contribution >= 4 is 17.7 Å². The highest BCUT2D eigenvalue weighted by molar-refractivity contribution is 5.73. The lowest BCUT2D eigenvalue weighted by Gasteiger charge is -2.25. The molecule has 2 aromatic rings. The number of nitrogens with zero attached hydrogens (tertiary/aromatic N) is 4. The fourth-order valence-corrected chi connectivity index (χ4v) is 2.51. The SMILES string of the molecule is C=C(NC1=CC=NCN1)N(C)c1nc(-c2cccc(C(C)(F)F)n2)ccc1N. The van der Waals surface area contributed by atoms with Crippen molar-refractivity contribution in [3.05, 3.63) is 60.3 Å². The topological polar surface area (TPSA) is 91.5 Å². The number of nitrogen functional groups attached to an aromatic ring is 1. The van der Waals surface area contributed by atoms with Gasteiger partial charge in [-0.1, -0.05) is 12.6 Å². The molecule has 1 aliphatic heterocycles. The van der Waals surface area contributed by atoms with Gasteiger partial charge in [-0.3, -0.25) is 4.99 Å². The molecule has 0 amide bonds. The minimum absolute atomic E-state index is 0.318. The number of aliphatic imine (C=N–C) groups is 1. The highest BCUT2D eigenvalue weighted by Crippen LogP contribution is 2.29. The summed E-state index contributed by atoms with van der Waals surface area (Å²) < 4.78 is 27.2. The zero-order valence-corrected chi connectivity index (χ0v) is 15.6. The molecule has 4 N–H and O–H groups in total. The van der Waals surface area contributed by atoms with Crippen molar-refractivity contribution in [2.24, 2.45) is 4.99 Å². The lowest BCUT2D eigenvalue weighted by Crippen LogP contribution is -2.34. The molecule has 0 spiro atoms. The second kappa shape index (κ2) is 7.63. The van der Waals surface area contributed by atoms with E-state index in [1.807, 2.05) is 0 Å². The Morgan fingerprint density at radius 1 is 1.25 bits per heavy atom. The van der Waals surface area contributed by atoms with Crippen LogP contribution in [0.1, 0.15) is 12.6 Å². The Labute approximate surface area is 161 Å². The van der Waals surface area contributed by atoms with Gasteiger partial charge in [-0.25, -0.2) is 9.97 Å². The summed E-state index contributed by atoms with van der Waals surface area (Å²) in [7, 11) is 1.75. The van der Waals surface area contributed by atoms with Gasteiger partial charge in [-0.2, -0.15) is 8.78 Å². The summed E-state index contributed by atoms with van der Waals surface area (Å²) >= 11 is 0. The highest BCUT2D eigenvalue weighted by Gasteiger charge is 2.26. The molecule has 0 saturated heterocycles. The number of pyridine rings is 2. The quantitative estimate of drug-likeness (QED) is 0.708. The van der Waals surface area contributed by atoms with Crippen LogP contribution in [0.4, 0.5) is 20.3 Å². The number of allylic oxidation sites excluding steroid dienone is 1. The van der Waals surface area contributed by atoms with Crippen LogP contribution in [0.3, 0.4) is 0 Å². The standard InChI is InChI=1S/C19H21F2N7/c1-12(25-17-9-10-23-11-24-17)28(3)18-13(22)7-8-15(27-18)14-5-4-6-16(26-14)19(2,20)21/h4-10,24-25H,1,11,22H2,2-3H3. The summed E-state index contributed by atoms with van der Waals surface area (Å²) in [5, 5.41) is 6.17. The van der Waals surface area contributed by atoms with Crippen molar-refractivity contribution in [2.75, 3.05) is 24.3 Å². The summed E-state index contributed by atoms with van der Waals surface area (Å²) in [6, 6.07) is 7.74. The summed E-state index contributed by atoms with van der Waals surface area (Å²) in [6.07, 6.45) is 3.46. The second-order valence-electron chi connectivity index (χ2n) is 6.28. The van der Waals surface area contributed by atoms with Gasteiger partial charge in [-0.15, -0.1) is 0 Å². The minimum Gasteiger partial charge on any atom is -0.396 e. The number of aromatic nitrogens is 2. The van der Waals surface area contributed by atoms with E-state index < -0.39 is 5.92 Å². The molecule has 9 heteroatoms. The number of halogens is 2. The number of nitrogens with one attached hydrogen (secondary N) is 2. The van der Waals surface area contributed by atoms with Crippen LogP contribution < -0.4 is 21.3 Å². The highest BCUT2D eigenvalue weighted by atomic mass is 19.3. The molecule has 0 atom stereocenters. The smallest absolute Gasteiger partial charge is 0.286 e. The molecule has 2 aromatic heterocycles. The Hall–Kier alpha value is -3.49. The van der Waals surface area contributed by atoms with Gasteiger partial charge in [0.15, 0.2) is 5.82 Å². The van der Waals surface area contributed by atoms with E-state index in [0.717, 1.165) is 12.7 Å². The maximum Gasteiger partial charge on any atom is 0.286 e. The average molecular weight is 385 g/mol. The third-order valence-corrected chi connectivity index (χ3v) is 4.08. The number of alkyl halides is 2. The predicted molar refractivity (Wildman–Crippen MR) is 107 cm³/mol. The van der Waals surface area contributed by atoms with Crippen LogP contribution in [0.25, 0.3) is 11.4 Å². The number of nitrogens with two attached hydrogens (primary N) is 1. The molecule has 146 valence electrons. The molecule has 0 radical (unpaired) electrons.